The average Bonchev–Trinajstić information content (AvgIpc) is 3.17. The molecule has 1 atom stereocenters. The molecule has 0 aliphatic carbocycles. The number of nitro groups is 1. The first-order chi connectivity index (χ1) is 14.5. The smallest absolute Gasteiger partial charge is 0.327 e. The molecule has 1 unspecified atom stereocenters. The van der Waals surface area contributed by atoms with Gasteiger partial charge in [0.15, 0.2) is 0 Å². The zero-order chi connectivity index (χ0) is 22.9. The minimum absolute atomic E-state index is 0.149. The predicted molar refractivity (Wildman–Crippen MR) is 102 cm³/mol. The number of benzene rings is 2. The molecule has 0 aromatic heterocycles. The number of anilines is 1. The molecule has 0 bridgehead atoms. The first-order valence-electron chi connectivity index (χ1n) is 9.22. The summed E-state index contributed by atoms with van der Waals surface area (Å²) in [7, 11) is 0. The second kappa shape index (κ2) is 8.32. The fraction of sp³-hybridized carbons (Fsp3) is 0.300. The van der Waals surface area contributed by atoms with Crippen molar-refractivity contribution < 1.29 is 32.1 Å². The third-order valence-corrected chi connectivity index (χ3v) is 5.00. The van der Waals surface area contributed by atoms with E-state index < -0.39 is 40.3 Å². The highest BCUT2D eigenvalue weighted by atomic mass is 19.4. The lowest BCUT2D eigenvalue weighted by Gasteiger charge is -2.24. The molecule has 0 saturated carbocycles. The van der Waals surface area contributed by atoms with Gasteiger partial charge in [0.25, 0.3) is 11.6 Å². The second-order valence-corrected chi connectivity index (χ2v) is 7.10. The van der Waals surface area contributed by atoms with E-state index in [2.05, 4.69) is 5.32 Å². The third kappa shape index (κ3) is 4.65. The third-order valence-electron chi connectivity index (χ3n) is 5.00. The fourth-order valence-corrected chi connectivity index (χ4v) is 3.49. The van der Waals surface area contributed by atoms with Gasteiger partial charge in [-0.3, -0.25) is 19.7 Å². The number of hydrogen-bond acceptors (Lipinski definition) is 4. The van der Waals surface area contributed by atoms with E-state index in [1.54, 1.807) is 0 Å². The van der Waals surface area contributed by atoms with Gasteiger partial charge in [-0.15, -0.1) is 0 Å². The van der Waals surface area contributed by atoms with Crippen molar-refractivity contribution in [1.29, 1.82) is 0 Å². The van der Waals surface area contributed by atoms with Crippen molar-refractivity contribution in [3.63, 3.8) is 0 Å². The Morgan fingerprint density at radius 2 is 1.90 bits per heavy atom. The van der Waals surface area contributed by atoms with Crippen molar-refractivity contribution >= 4 is 23.2 Å². The van der Waals surface area contributed by atoms with Gasteiger partial charge < -0.3 is 10.2 Å². The molecule has 1 saturated heterocycles. The summed E-state index contributed by atoms with van der Waals surface area (Å²) >= 11 is 0. The zero-order valence-electron chi connectivity index (χ0n) is 16.2. The predicted octanol–water partition coefficient (Wildman–Crippen LogP) is 4.30. The second-order valence-electron chi connectivity index (χ2n) is 7.10. The molecule has 7 nitrogen and oxygen atoms in total. The Morgan fingerprint density at radius 1 is 1.19 bits per heavy atom. The van der Waals surface area contributed by atoms with Crippen molar-refractivity contribution in [1.82, 2.24) is 4.90 Å². The lowest BCUT2D eigenvalue weighted by Crippen LogP contribution is -2.43. The van der Waals surface area contributed by atoms with Crippen LogP contribution in [0.1, 0.15) is 34.3 Å². The van der Waals surface area contributed by atoms with E-state index in [4.69, 9.17) is 0 Å². The molecular weight excluding hydrogens is 422 g/mol. The molecule has 0 radical (unpaired) electrons. The summed E-state index contributed by atoms with van der Waals surface area (Å²) in [6, 6.07) is 5.00. The number of hydrogen-bond donors (Lipinski definition) is 1. The number of nitrogens with one attached hydrogen (secondary N) is 1. The van der Waals surface area contributed by atoms with Gasteiger partial charge in [-0.1, -0.05) is 0 Å². The van der Waals surface area contributed by atoms with Crippen LogP contribution in [0.5, 0.6) is 0 Å². The Kier molecular flexibility index (Phi) is 5.96. The average molecular weight is 439 g/mol. The van der Waals surface area contributed by atoms with Gasteiger partial charge in [-0.05, 0) is 50.1 Å². The van der Waals surface area contributed by atoms with Crippen LogP contribution in [0.4, 0.5) is 28.9 Å². The standard InChI is InChI=1S/C20H17F4N3O4/c1-11-9-12(4-7-16(11)27(30)31)19(29)26-8-2-3-17(26)18(28)25-13-5-6-15(21)14(10-13)20(22,23)24/h4-7,9-10,17H,2-3,8H2,1H3,(H,25,28). The van der Waals surface area contributed by atoms with E-state index in [1.165, 1.54) is 30.0 Å². The zero-order valence-corrected chi connectivity index (χ0v) is 16.2. The molecule has 1 aliphatic rings. The monoisotopic (exact) mass is 439 g/mol. The summed E-state index contributed by atoms with van der Waals surface area (Å²) in [4.78, 5) is 37.1. The molecule has 1 fully saturated rings. The first-order valence-corrected chi connectivity index (χ1v) is 9.22. The van der Waals surface area contributed by atoms with Crippen LogP contribution in [0, 0.1) is 22.9 Å². The highest BCUT2D eigenvalue weighted by molar-refractivity contribution is 6.01. The van der Waals surface area contributed by atoms with Crippen LogP contribution < -0.4 is 5.32 Å². The van der Waals surface area contributed by atoms with Gasteiger partial charge in [0.1, 0.15) is 11.9 Å². The number of carbonyl (C=O) groups is 2. The quantitative estimate of drug-likeness (QED) is 0.437. The topological polar surface area (TPSA) is 92.6 Å². The number of nitro benzene ring substituents is 1. The molecule has 11 heteroatoms. The molecule has 1 aliphatic heterocycles. The number of nitrogens with zero attached hydrogens (tertiary/aromatic N) is 2. The Hall–Kier alpha value is -3.50. The van der Waals surface area contributed by atoms with Gasteiger partial charge >= 0.3 is 6.18 Å². The summed E-state index contributed by atoms with van der Waals surface area (Å²) in [5.74, 6) is -2.69. The number of amides is 2. The number of halogens is 4. The molecule has 1 N–H and O–H groups in total. The molecule has 0 spiro atoms. The molecule has 164 valence electrons. The van der Waals surface area contributed by atoms with Crippen LogP contribution in [0.25, 0.3) is 0 Å². The van der Waals surface area contributed by atoms with Crippen LogP contribution in [-0.2, 0) is 11.0 Å². The van der Waals surface area contributed by atoms with Crippen LogP contribution in [0.15, 0.2) is 36.4 Å². The maximum absolute atomic E-state index is 13.4. The van der Waals surface area contributed by atoms with Crippen molar-refractivity contribution in [3.8, 4) is 0 Å². The van der Waals surface area contributed by atoms with E-state index >= 15 is 0 Å². The molecule has 2 aromatic carbocycles. The largest absolute Gasteiger partial charge is 0.419 e. The number of alkyl halides is 3. The number of rotatable bonds is 4. The maximum atomic E-state index is 13.4. The highest BCUT2D eigenvalue weighted by Gasteiger charge is 2.36. The van der Waals surface area contributed by atoms with E-state index in [9.17, 15) is 37.3 Å². The number of carbonyl (C=O) groups excluding carboxylic acids is 2. The van der Waals surface area contributed by atoms with Crippen LogP contribution in [-0.4, -0.2) is 34.2 Å². The molecule has 2 amide bonds. The highest BCUT2D eigenvalue weighted by Crippen LogP contribution is 2.33. The summed E-state index contributed by atoms with van der Waals surface area (Å²) in [5, 5.41) is 13.3. The lowest BCUT2D eigenvalue weighted by molar-refractivity contribution is -0.385. The molecule has 2 aromatic rings. The van der Waals surface area contributed by atoms with Crippen molar-refractivity contribution in [3.05, 3.63) is 69.0 Å². The van der Waals surface area contributed by atoms with Crippen LogP contribution >= 0.6 is 0 Å². The Labute approximate surface area is 173 Å². The molecular formula is C20H17F4N3O4. The Morgan fingerprint density at radius 3 is 2.52 bits per heavy atom. The lowest BCUT2D eigenvalue weighted by atomic mass is 10.1. The van der Waals surface area contributed by atoms with Crippen molar-refractivity contribution in [2.75, 3.05) is 11.9 Å². The fourth-order valence-electron chi connectivity index (χ4n) is 3.49. The van der Waals surface area contributed by atoms with Gasteiger partial charge in [0.2, 0.25) is 5.91 Å². The van der Waals surface area contributed by atoms with Gasteiger partial charge in [0, 0.05) is 29.4 Å². The summed E-state index contributed by atoms with van der Waals surface area (Å²) in [6.45, 7) is 1.72. The summed E-state index contributed by atoms with van der Waals surface area (Å²) in [6.07, 6.45) is -4.14. The van der Waals surface area contributed by atoms with E-state index in [-0.39, 0.29) is 35.5 Å². The maximum Gasteiger partial charge on any atom is 0.419 e. The summed E-state index contributed by atoms with van der Waals surface area (Å²) in [5.41, 5.74) is -1.47. The van der Waals surface area contributed by atoms with Gasteiger partial charge in [-0.25, -0.2) is 4.39 Å². The normalized spacial score (nSPS) is 16.3. The van der Waals surface area contributed by atoms with Gasteiger partial charge in [-0.2, -0.15) is 13.2 Å². The van der Waals surface area contributed by atoms with Crippen LogP contribution in [0.2, 0.25) is 0 Å². The van der Waals surface area contributed by atoms with E-state index in [0.29, 0.717) is 18.6 Å². The minimum Gasteiger partial charge on any atom is -0.327 e. The first kappa shape index (κ1) is 22.2. The molecule has 31 heavy (non-hydrogen) atoms. The molecule has 1 heterocycles. The molecule has 3 rings (SSSR count). The van der Waals surface area contributed by atoms with Crippen molar-refractivity contribution in [2.45, 2.75) is 32.0 Å². The minimum atomic E-state index is -4.92. The summed E-state index contributed by atoms with van der Waals surface area (Å²) < 4.78 is 52.1. The SMILES string of the molecule is Cc1cc(C(=O)N2CCCC2C(=O)Nc2ccc(F)c(C(F)(F)F)c2)ccc1[N+](=O)[O-]. The number of aryl methyl sites for hydroxylation is 1. The van der Waals surface area contributed by atoms with Crippen LogP contribution in [0.3, 0.4) is 0 Å². The Bertz CT molecular complexity index is 1060. The number of likely N-dealkylation sites (tertiary alicyclic amines) is 1. The van der Waals surface area contributed by atoms with E-state index in [0.717, 1.165) is 6.07 Å². The van der Waals surface area contributed by atoms with Crippen molar-refractivity contribution in [2.24, 2.45) is 0 Å². The van der Waals surface area contributed by atoms with E-state index in [1.807, 2.05) is 0 Å². The Balaban J connectivity index is 1.79. The van der Waals surface area contributed by atoms with Gasteiger partial charge in [0.05, 0.1) is 10.5 Å².